The Kier molecular flexibility index (Phi) is 9.28. The van der Waals surface area contributed by atoms with Gasteiger partial charge in [0.25, 0.3) is 0 Å². The second-order valence-corrected chi connectivity index (χ2v) is 11.1. The Bertz CT molecular complexity index is 905. The minimum absolute atomic E-state index is 0.106. The van der Waals surface area contributed by atoms with E-state index in [-0.39, 0.29) is 30.9 Å². The van der Waals surface area contributed by atoms with Gasteiger partial charge in [0.15, 0.2) is 0 Å². The number of hydrogen-bond donors (Lipinski definition) is 1. The fraction of sp³-hybridized carbons (Fsp3) is 0.750. The summed E-state index contributed by atoms with van der Waals surface area (Å²) in [6.07, 6.45) is 4.48. The van der Waals surface area contributed by atoms with E-state index in [0.717, 1.165) is 13.1 Å². The summed E-state index contributed by atoms with van der Waals surface area (Å²) in [6.45, 7) is 15.6. The minimum Gasteiger partial charge on any atom is -0.465 e. The van der Waals surface area contributed by atoms with E-state index in [1.165, 1.54) is 4.90 Å². The maximum Gasteiger partial charge on any atom is 0.312 e. The molecular formula is C28H43N3O7. The first-order valence-electron chi connectivity index (χ1n) is 13.9. The van der Waals surface area contributed by atoms with Gasteiger partial charge in [-0.05, 0) is 25.2 Å². The summed E-state index contributed by atoms with van der Waals surface area (Å²) in [7, 11) is 0. The van der Waals surface area contributed by atoms with Gasteiger partial charge in [-0.1, -0.05) is 26.0 Å². The zero-order valence-corrected chi connectivity index (χ0v) is 22.8. The highest BCUT2D eigenvalue weighted by molar-refractivity contribution is 5.98. The molecule has 10 heteroatoms. The molecule has 4 aliphatic rings. The van der Waals surface area contributed by atoms with Crippen molar-refractivity contribution in [3.8, 4) is 0 Å². The van der Waals surface area contributed by atoms with Crippen LogP contribution >= 0.6 is 0 Å². The van der Waals surface area contributed by atoms with Crippen LogP contribution in [0.1, 0.15) is 33.1 Å². The number of aliphatic hydroxyl groups is 1. The van der Waals surface area contributed by atoms with E-state index in [4.69, 9.17) is 14.2 Å². The number of rotatable bonds is 13. The van der Waals surface area contributed by atoms with E-state index in [1.807, 2.05) is 13.8 Å². The lowest BCUT2D eigenvalue weighted by atomic mass is 9.70. The van der Waals surface area contributed by atoms with Gasteiger partial charge in [0, 0.05) is 32.7 Å². The Morgan fingerprint density at radius 2 is 2.00 bits per heavy atom. The second kappa shape index (κ2) is 12.3. The standard InChI is InChI=1S/C28H43N3O7/c1-5-7-15-37-27(35)22-21-8-9-28(38-21)23(22)25(33)31(20(18-32)19(3)4)24(28)26(34)30(10-6-2)12-11-29-13-16-36-17-14-29/h5-6,19-24,32H,1-2,7-18H2,3-4H3/t20-,21+,22-,23-,24?,28?/m0/s1. The molecule has 0 aromatic rings. The molecule has 4 fully saturated rings. The number of carbonyl (C=O) groups excluding carboxylic acids is 3. The van der Waals surface area contributed by atoms with Gasteiger partial charge in [-0.25, -0.2) is 0 Å². The Hall–Kier alpha value is -2.27. The van der Waals surface area contributed by atoms with Crippen molar-refractivity contribution in [3.63, 3.8) is 0 Å². The number of carbonyl (C=O) groups is 3. The number of ether oxygens (including phenoxy) is 3. The SMILES string of the molecule is C=CCCOC(=O)[C@@H]1[C@H]2C(=O)N([C@@H](CO)C(C)C)C(C(=O)N(CC=C)CCN3CCOCC3)C23CC[C@H]1O3. The van der Waals surface area contributed by atoms with E-state index in [0.29, 0.717) is 52.1 Å². The van der Waals surface area contributed by atoms with Gasteiger partial charge < -0.3 is 29.1 Å². The van der Waals surface area contributed by atoms with Crippen molar-refractivity contribution in [2.75, 3.05) is 59.2 Å². The van der Waals surface area contributed by atoms with Gasteiger partial charge in [0.2, 0.25) is 11.8 Å². The molecule has 0 aromatic carbocycles. The Balaban J connectivity index is 1.65. The van der Waals surface area contributed by atoms with Crippen LogP contribution < -0.4 is 0 Å². The molecule has 4 saturated heterocycles. The largest absolute Gasteiger partial charge is 0.465 e. The summed E-state index contributed by atoms with van der Waals surface area (Å²) in [5.41, 5.74) is -1.12. The van der Waals surface area contributed by atoms with Gasteiger partial charge in [-0.2, -0.15) is 0 Å². The third kappa shape index (κ3) is 5.15. The minimum atomic E-state index is -1.12. The molecule has 0 aliphatic carbocycles. The normalized spacial score (nSPS) is 31.4. The molecule has 0 radical (unpaired) electrons. The number of amides is 2. The van der Waals surface area contributed by atoms with Gasteiger partial charge >= 0.3 is 5.97 Å². The number of morpholine rings is 1. The molecule has 2 bridgehead atoms. The molecule has 1 N–H and O–H groups in total. The van der Waals surface area contributed by atoms with Gasteiger partial charge in [0.1, 0.15) is 11.6 Å². The average molecular weight is 534 g/mol. The molecule has 212 valence electrons. The Morgan fingerprint density at radius 3 is 2.63 bits per heavy atom. The predicted molar refractivity (Wildman–Crippen MR) is 140 cm³/mol. The van der Waals surface area contributed by atoms with Crippen LogP contribution in [-0.4, -0.2) is 121 Å². The summed E-state index contributed by atoms with van der Waals surface area (Å²) in [5, 5.41) is 10.3. The van der Waals surface area contributed by atoms with Gasteiger partial charge in [-0.3, -0.25) is 19.3 Å². The maximum atomic E-state index is 14.4. The van der Waals surface area contributed by atoms with Crippen LogP contribution in [0.5, 0.6) is 0 Å². The smallest absolute Gasteiger partial charge is 0.312 e. The highest BCUT2D eigenvalue weighted by Gasteiger charge is 2.75. The number of hydrogen-bond acceptors (Lipinski definition) is 8. The molecule has 1 spiro atoms. The van der Waals surface area contributed by atoms with E-state index in [2.05, 4.69) is 18.1 Å². The predicted octanol–water partition coefficient (Wildman–Crippen LogP) is 0.844. The number of nitrogens with zero attached hydrogens (tertiary/aromatic N) is 3. The molecule has 0 aromatic heterocycles. The summed E-state index contributed by atoms with van der Waals surface area (Å²) < 4.78 is 17.4. The molecule has 38 heavy (non-hydrogen) atoms. The number of esters is 1. The lowest BCUT2D eigenvalue weighted by Gasteiger charge is -2.40. The van der Waals surface area contributed by atoms with Crippen molar-refractivity contribution in [1.82, 2.24) is 14.7 Å². The topological polar surface area (TPSA) is 109 Å². The lowest BCUT2D eigenvalue weighted by molar-refractivity contribution is -0.157. The first-order chi connectivity index (χ1) is 18.3. The molecule has 0 saturated carbocycles. The number of aliphatic hydroxyl groups excluding tert-OH is 1. The van der Waals surface area contributed by atoms with Crippen LogP contribution in [0.3, 0.4) is 0 Å². The lowest BCUT2D eigenvalue weighted by Crippen LogP contribution is -2.60. The molecule has 2 amide bonds. The summed E-state index contributed by atoms with van der Waals surface area (Å²) in [6, 6.07) is -1.51. The molecule has 4 rings (SSSR count). The van der Waals surface area contributed by atoms with Crippen LogP contribution in [0, 0.1) is 17.8 Å². The highest BCUT2D eigenvalue weighted by Crippen LogP contribution is 2.59. The zero-order valence-electron chi connectivity index (χ0n) is 22.8. The summed E-state index contributed by atoms with van der Waals surface area (Å²) in [4.78, 5) is 47.2. The van der Waals surface area contributed by atoms with E-state index >= 15 is 0 Å². The Labute approximate surface area is 225 Å². The van der Waals surface area contributed by atoms with Gasteiger partial charge in [0.05, 0.1) is 50.4 Å². The van der Waals surface area contributed by atoms with E-state index in [1.54, 1.807) is 17.1 Å². The van der Waals surface area contributed by atoms with Crippen molar-refractivity contribution in [2.24, 2.45) is 17.8 Å². The second-order valence-electron chi connectivity index (χ2n) is 11.1. The zero-order chi connectivity index (χ0) is 27.4. The van der Waals surface area contributed by atoms with Gasteiger partial charge in [-0.15, -0.1) is 13.2 Å². The quantitative estimate of drug-likeness (QED) is 0.211. The fourth-order valence-corrected chi connectivity index (χ4v) is 6.66. The van der Waals surface area contributed by atoms with Crippen molar-refractivity contribution in [2.45, 2.75) is 56.9 Å². The molecule has 2 unspecified atom stereocenters. The van der Waals surface area contributed by atoms with Crippen molar-refractivity contribution < 1.29 is 33.7 Å². The van der Waals surface area contributed by atoms with E-state index < -0.39 is 41.6 Å². The average Bonchev–Trinajstić information content (AvgIpc) is 3.55. The van der Waals surface area contributed by atoms with Crippen molar-refractivity contribution >= 4 is 17.8 Å². The van der Waals surface area contributed by atoms with Crippen LogP contribution in [0.2, 0.25) is 0 Å². The monoisotopic (exact) mass is 533 g/mol. The maximum absolute atomic E-state index is 14.4. The fourth-order valence-electron chi connectivity index (χ4n) is 6.66. The van der Waals surface area contributed by atoms with Crippen LogP contribution in [-0.2, 0) is 28.6 Å². The van der Waals surface area contributed by atoms with Crippen LogP contribution in [0.15, 0.2) is 25.3 Å². The third-order valence-electron chi connectivity index (χ3n) is 8.58. The third-order valence-corrected chi connectivity index (χ3v) is 8.58. The highest BCUT2D eigenvalue weighted by atomic mass is 16.6. The molecule has 6 atom stereocenters. The molecule has 10 nitrogen and oxygen atoms in total. The van der Waals surface area contributed by atoms with Crippen molar-refractivity contribution in [1.29, 1.82) is 0 Å². The van der Waals surface area contributed by atoms with E-state index in [9.17, 15) is 19.5 Å². The summed E-state index contributed by atoms with van der Waals surface area (Å²) in [5.74, 6) is -2.70. The molecule has 4 aliphatic heterocycles. The number of fused-ring (bicyclic) bond motifs is 1. The van der Waals surface area contributed by atoms with Crippen LogP contribution in [0.25, 0.3) is 0 Å². The van der Waals surface area contributed by atoms with Crippen LogP contribution in [0.4, 0.5) is 0 Å². The molecular weight excluding hydrogens is 490 g/mol. The van der Waals surface area contributed by atoms with Crippen molar-refractivity contribution in [3.05, 3.63) is 25.3 Å². The number of likely N-dealkylation sites (tertiary alicyclic amines) is 1. The first-order valence-corrected chi connectivity index (χ1v) is 13.9. The first kappa shape index (κ1) is 28.7. The molecule has 4 heterocycles. The summed E-state index contributed by atoms with van der Waals surface area (Å²) >= 11 is 0. The Morgan fingerprint density at radius 1 is 1.26 bits per heavy atom.